The molecule has 0 aliphatic carbocycles. The van der Waals surface area contributed by atoms with E-state index < -0.39 is 11.1 Å². The number of amides is 1. The Bertz CT molecular complexity index is 250. The number of aliphatic hydroxyl groups is 1. The molecule has 0 saturated carbocycles. The lowest BCUT2D eigenvalue weighted by molar-refractivity contribution is -0.126. The van der Waals surface area contributed by atoms with E-state index in [9.17, 15) is 9.90 Å². The summed E-state index contributed by atoms with van der Waals surface area (Å²) < 4.78 is 0. The summed E-state index contributed by atoms with van der Waals surface area (Å²) in [4.78, 5) is 11.8. The molecule has 94 valence electrons. The van der Waals surface area contributed by atoms with Crippen LogP contribution in [0.25, 0.3) is 0 Å². The fourth-order valence-corrected chi connectivity index (χ4v) is 1.71. The summed E-state index contributed by atoms with van der Waals surface area (Å²) in [6, 6.07) is 0.303. The first-order valence-corrected chi connectivity index (χ1v) is 5.99. The molecular weight excluding hydrogens is 204 g/mol. The third kappa shape index (κ3) is 3.46. The first-order valence-electron chi connectivity index (χ1n) is 5.99. The van der Waals surface area contributed by atoms with Gasteiger partial charge in [0.25, 0.3) is 0 Å². The average Bonchev–Trinajstić information content (AvgIpc) is 2.52. The van der Waals surface area contributed by atoms with Crippen LogP contribution < -0.4 is 10.6 Å². The number of carbonyl (C=O) groups excluding carboxylic acids is 1. The molecular formula is C12H24N2O2. The maximum absolute atomic E-state index is 11.8. The number of rotatable bonds is 4. The summed E-state index contributed by atoms with van der Waals surface area (Å²) >= 11 is 0. The van der Waals surface area contributed by atoms with Crippen LogP contribution >= 0.6 is 0 Å². The molecule has 4 nitrogen and oxygen atoms in total. The predicted molar refractivity (Wildman–Crippen MR) is 64.2 cm³/mol. The maximum Gasteiger partial charge on any atom is 0.222 e. The molecule has 4 heteroatoms. The van der Waals surface area contributed by atoms with Crippen LogP contribution in [0.3, 0.4) is 0 Å². The zero-order chi connectivity index (χ0) is 12.4. The van der Waals surface area contributed by atoms with E-state index in [1.807, 2.05) is 13.8 Å². The van der Waals surface area contributed by atoms with Gasteiger partial charge in [-0.25, -0.2) is 0 Å². The van der Waals surface area contributed by atoms with Crippen LogP contribution in [0.1, 0.15) is 47.0 Å². The first-order chi connectivity index (χ1) is 7.22. The minimum Gasteiger partial charge on any atom is -0.388 e. The molecule has 3 N–H and O–H groups in total. The van der Waals surface area contributed by atoms with Gasteiger partial charge in [-0.3, -0.25) is 4.79 Å². The van der Waals surface area contributed by atoms with Gasteiger partial charge in [0.1, 0.15) is 0 Å². The summed E-state index contributed by atoms with van der Waals surface area (Å²) in [5.74, 6) is 0.00604. The average molecular weight is 228 g/mol. The molecule has 1 amide bonds. The highest BCUT2D eigenvalue weighted by atomic mass is 16.3. The van der Waals surface area contributed by atoms with Crippen molar-refractivity contribution in [2.45, 2.75) is 64.1 Å². The molecule has 0 aromatic heterocycles. The Kier molecular flexibility index (Phi) is 3.97. The second kappa shape index (κ2) is 4.72. The van der Waals surface area contributed by atoms with Gasteiger partial charge in [-0.2, -0.15) is 0 Å². The Morgan fingerprint density at radius 3 is 2.50 bits per heavy atom. The molecule has 0 spiro atoms. The Labute approximate surface area is 97.8 Å². The van der Waals surface area contributed by atoms with Crippen molar-refractivity contribution in [2.24, 2.45) is 0 Å². The zero-order valence-corrected chi connectivity index (χ0v) is 10.8. The standard InChI is InChI=1S/C12H24N2O2/c1-11(2,12(3,4)16)14-10(15)8-9-6-5-7-13-9/h9,13,16H,5-8H2,1-4H3,(H,14,15). The normalized spacial score (nSPS) is 22.2. The maximum atomic E-state index is 11.8. The molecule has 0 aromatic rings. The molecule has 16 heavy (non-hydrogen) atoms. The highest BCUT2D eigenvalue weighted by molar-refractivity contribution is 5.77. The van der Waals surface area contributed by atoms with Crippen LogP contribution in [0.4, 0.5) is 0 Å². The SMILES string of the molecule is CC(C)(O)C(C)(C)NC(=O)CC1CCCN1. The number of hydrogen-bond acceptors (Lipinski definition) is 3. The number of carbonyl (C=O) groups is 1. The van der Waals surface area contributed by atoms with Gasteiger partial charge < -0.3 is 15.7 Å². The van der Waals surface area contributed by atoms with Crippen molar-refractivity contribution in [1.29, 1.82) is 0 Å². The van der Waals surface area contributed by atoms with Gasteiger partial charge >= 0.3 is 0 Å². The molecule has 1 aliphatic rings. The third-order valence-corrected chi connectivity index (χ3v) is 3.58. The number of hydrogen-bond donors (Lipinski definition) is 3. The third-order valence-electron chi connectivity index (χ3n) is 3.58. The molecule has 1 aliphatic heterocycles. The predicted octanol–water partition coefficient (Wildman–Crippen LogP) is 0.794. The largest absolute Gasteiger partial charge is 0.388 e. The van der Waals surface area contributed by atoms with E-state index in [1.165, 1.54) is 0 Å². The zero-order valence-electron chi connectivity index (χ0n) is 10.8. The van der Waals surface area contributed by atoms with Crippen LogP contribution in [0.5, 0.6) is 0 Å². The molecule has 0 aromatic carbocycles. The summed E-state index contributed by atoms with van der Waals surface area (Å²) in [5.41, 5.74) is -1.53. The summed E-state index contributed by atoms with van der Waals surface area (Å²) in [7, 11) is 0. The van der Waals surface area contributed by atoms with Crippen LogP contribution in [0.15, 0.2) is 0 Å². The van der Waals surface area contributed by atoms with Crippen molar-refractivity contribution in [2.75, 3.05) is 6.54 Å². The Morgan fingerprint density at radius 1 is 1.44 bits per heavy atom. The quantitative estimate of drug-likeness (QED) is 0.667. The Hall–Kier alpha value is -0.610. The van der Waals surface area contributed by atoms with Crippen molar-refractivity contribution in [1.82, 2.24) is 10.6 Å². The van der Waals surface area contributed by atoms with Crippen LogP contribution in [-0.2, 0) is 4.79 Å². The molecule has 1 heterocycles. The van der Waals surface area contributed by atoms with E-state index >= 15 is 0 Å². The van der Waals surface area contributed by atoms with E-state index in [1.54, 1.807) is 13.8 Å². The van der Waals surface area contributed by atoms with E-state index in [0.717, 1.165) is 19.4 Å². The van der Waals surface area contributed by atoms with Crippen molar-refractivity contribution >= 4 is 5.91 Å². The molecule has 0 bridgehead atoms. The minimum absolute atomic E-state index is 0.00604. The summed E-state index contributed by atoms with van der Waals surface area (Å²) in [5, 5.41) is 16.1. The van der Waals surface area contributed by atoms with Crippen LogP contribution in [-0.4, -0.2) is 34.7 Å². The Balaban J connectivity index is 2.44. The molecule has 1 saturated heterocycles. The van der Waals surface area contributed by atoms with Crippen LogP contribution in [0.2, 0.25) is 0 Å². The van der Waals surface area contributed by atoms with Crippen LogP contribution in [0, 0.1) is 0 Å². The summed E-state index contributed by atoms with van der Waals surface area (Å²) in [6.07, 6.45) is 2.71. The minimum atomic E-state index is -0.925. The molecule has 1 unspecified atom stereocenters. The van der Waals surface area contributed by atoms with Crippen molar-refractivity contribution in [3.63, 3.8) is 0 Å². The topological polar surface area (TPSA) is 61.4 Å². The van der Waals surface area contributed by atoms with Crippen molar-refractivity contribution in [3.8, 4) is 0 Å². The van der Waals surface area contributed by atoms with Gasteiger partial charge in [0.05, 0.1) is 11.1 Å². The smallest absolute Gasteiger partial charge is 0.222 e. The lowest BCUT2D eigenvalue weighted by Gasteiger charge is -2.38. The van der Waals surface area contributed by atoms with Gasteiger partial charge in [-0.05, 0) is 47.1 Å². The van der Waals surface area contributed by atoms with Gasteiger partial charge in [0.15, 0.2) is 0 Å². The van der Waals surface area contributed by atoms with E-state index in [-0.39, 0.29) is 5.91 Å². The highest BCUT2D eigenvalue weighted by Crippen LogP contribution is 2.21. The van der Waals surface area contributed by atoms with E-state index in [0.29, 0.717) is 12.5 Å². The molecule has 1 atom stereocenters. The monoisotopic (exact) mass is 228 g/mol. The van der Waals surface area contributed by atoms with Gasteiger partial charge in [-0.1, -0.05) is 0 Å². The number of nitrogens with one attached hydrogen (secondary N) is 2. The van der Waals surface area contributed by atoms with Gasteiger partial charge in [0, 0.05) is 12.5 Å². The summed E-state index contributed by atoms with van der Waals surface area (Å²) in [6.45, 7) is 8.11. The lowest BCUT2D eigenvalue weighted by atomic mass is 9.86. The van der Waals surface area contributed by atoms with Gasteiger partial charge in [-0.15, -0.1) is 0 Å². The molecule has 1 rings (SSSR count). The Morgan fingerprint density at radius 2 is 2.06 bits per heavy atom. The first kappa shape index (κ1) is 13.5. The second-order valence-corrected chi connectivity index (χ2v) is 5.73. The van der Waals surface area contributed by atoms with Crippen molar-refractivity contribution < 1.29 is 9.90 Å². The second-order valence-electron chi connectivity index (χ2n) is 5.73. The van der Waals surface area contributed by atoms with Gasteiger partial charge in [0.2, 0.25) is 5.91 Å². The van der Waals surface area contributed by atoms with E-state index in [4.69, 9.17) is 0 Å². The van der Waals surface area contributed by atoms with E-state index in [2.05, 4.69) is 10.6 Å². The highest BCUT2D eigenvalue weighted by Gasteiger charge is 2.36. The molecule has 0 radical (unpaired) electrons. The van der Waals surface area contributed by atoms with Crippen molar-refractivity contribution in [3.05, 3.63) is 0 Å². The fraction of sp³-hybridized carbons (Fsp3) is 0.917. The molecule has 1 fully saturated rings. The lowest BCUT2D eigenvalue weighted by Crippen LogP contribution is -2.58. The fourth-order valence-electron chi connectivity index (χ4n) is 1.71.